The summed E-state index contributed by atoms with van der Waals surface area (Å²) in [6.45, 7) is 3.40. The quantitative estimate of drug-likeness (QED) is 0.800. The Balaban J connectivity index is 2.77. The monoisotopic (exact) mass is 222 g/mol. The van der Waals surface area contributed by atoms with E-state index in [0.29, 0.717) is 6.42 Å². The normalized spacial score (nSPS) is 16.4. The minimum Gasteiger partial charge on any atom is -0.481 e. The number of hydrogen-bond acceptors (Lipinski definition) is 2. The fourth-order valence-electron chi connectivity index (χ4n) is 1.70. The van der Waals surface area contributed by atoms with E-state index in [0.717, 1.165) is 5.56 Å². The summed E-state index contributed by atoms with van der Waals surface area (Å²) in [5, 5.41) is 18.6. The number of aliphatic hydroxyl groups is 1. The minimum atomic E-state index is -0.850. The first-order chi connectivity index (χ1) is 7.52. The first-order valence-corrected chi connectivity index (χ1v) is 5.47. The number of hydrogen-bond donors (Lipinski definition) is 2. The largest absolute Gasteiger partial charge is 0.481 e. The molecule has 88 valence electrons. The maximum atomic E-state index is 11.1. The molecule has 0 radical (unpaired) electrons. The van der Waals surface area contributed by atoms with Crippen LogP contribution < -0.4 is 0 Å². The zero-order valence-corrected chi connectivity index (χ0v) is 9.63. The van der Waals surface area contributed by atoms with Crippen molar-refractivity contribution in [3.8, 4) is 0 Å². The third kappa shape index (κ3) is 3.35. The number of aliphatic carboxylic acids is 1. The molecular weight excluding hydrogens is 204 g/mol. The van der Waals surface area contributed by atoms with E-state index < -0.39 is 18.0 Å². The highest BCUT2D eigenvalue weighted by atomic mass is 16.4. The molecule has 0 aliphatic carbocycles. The summed E-state index contributed by atoms with van der Waals surface area (Å²) in [7, 11) is 0. The summed E-state index contributed by atoms with van der Waals surface area (Å²) < 4.78 is 0. The number of benzene rings is 1. The number of rotatable bonds is 5. The Morgan fingerprint density at radius 2 is 1.81 bits per heavy atom. The summed E-state index contributed by atoms with van der Waals surface area (Å²) in [6, 6.07) is 9.50. The van der Waals surface area contributed by atoms with Crippen LogP contribution in [0, 0.1) is 11.8 Å². The molecular formula is C13H18O3. The van der Waals surface area contributed by atoms with Gasteiger partial charge in [-0.2, -0.15) is 0 Å². The maximum absolute atomic E-state index is 11.1. The second-order valence-electron chi connectivity index (χ2n) is 4.23. The van der Waals surface area contributed by atoms with Crippen LogP contribution in [0.25, 0.3) is 0 Å². The molecule has 0 aromatic heterocycles. The molecule has 2 N–H and O–H groups in total. The zero-order valence-electron chi connectivity index (χ0n) is 9.63. The topological polar surface area (TPSA) is 57.5 Å². The number of aliphatic hydroxyl groups excluding tert-OH is 1. The van der Waals surface area contributed by atoms with Gasteiger partial charge >= 0.3 is 5.97 Å². The molecule has 3 heteroatoms. The molecule has 0 saturated heterocycles. The molecule has 16 heavy (non-hydrogen) atoms. The molecule has 0 bridgehead atoms. The van der Waals surface area contributed by atoms with Gasteiger partial charge < -0.3 is 10.2 Å². The van der Waals surface area contributed by atoms with Crippen LogP contribution in [0.15, 0.2) is 30.3 Å². The van der Waals surface area contributed by atoms with Crippen LogP contribution in [-0.4, -0.2) is 22.3 Å². The molecule has 3 nitrogen and oxygen atoms in total. The summed E-state index contributed by atoms with van der Waals surface area (Å²) in [4.78, 5) is 11.1. The Kier molecular flexibility index (Phi) is 4.50. The lowest BCUT2D eigenvalue weighted by Gasteiger charge is -2.22. The SMILES string of the molecule is CC(O)C(C)C(Cc1ccccc1)C(=O)O. The molecule has 0 saturated carbocycles. The van der Waals surface area contributed by atoms with Crippen molar-refractivity contribution < 1.29 is 15.0 Å². The van der Waals surface area contributed by atoms with Crippen LogP contribution in [0.4, 0.5) is 0 Å². The molecule has 0 spiro atoms. The second kappa shape index (κ2) is 5.66. The van der Waals surface area contributed by atoms with Crippen molar-refractivity contribution in [2.75, 3.05) is 0 Å². The third-order valence-electron chi connectivity index (χ3n) is 3.01. The van der Waals surface area contributed by atoms with Gasteiger partial charge in [-0.15, -0.1) is 0 Å². The Morgan fingerprint density at radius 1 is 1.25 bits per heavy atom. The Bertz CT molecular complexity index is 332. The van der Waals surface area contributed by atoms with Gasteiger partial charge in [-0.05, 0) is 24.8 Å². The molecule has 0 heterocycles. The fourth-order valence-corrected chi connectivity index (χ4v) is 1.70. The summed E-state index contributed by atoms with van der Waals surface area (Å²) in [5.41, 5.74) is 0.988. The average molecular weight is 222 g/mol. The van der Waals surface area contributed by atoms with Gasteiger partial charge in [0.2, 0.25) is 0 Å². The number of carbonyl (C=O) groups is 1. The molecule has 3 atom stereocenters. The minimum absolute atomic E-state index is 0.252. The molecule has 0 fully saturated rings. The zero-order chi connectivity index (χ0) is 12.1. The van der Waals surface area contributed by atoms with Crippen LogP contribution in [-0.2, 0) is 11.2 Å². The van der Waals surface area contributed by atoms with Gasteiger partial charge in [0, 0.05) is 0 Å². The predicted molar refractivity (Wildman–Crippen MR) is 62.1 cm³/mol. The van der Waals surface area contributed by atoms with Crippen molar-refractivity contribution in [3.63, 3.8) is 0 Å². The van der Waals surface area contributed by atoms with E-state index in [2.05, 4.69) is 0 Å². The predicted octanol–water partition coefficient (Wildman–Crippen LogP) is 1.95. The van der Waals surface area contributed by atoms with E-state index in [1.165, 1.54) is 0 Å². The molecule has 0 amide bonds. The first-order valence-electron chi connectivity index (χ1n) is 5.47. The standard InChI is InChI=1S/C13H18O3/c1-9(10(2)14)12(13(15)16)8-11-6-4-3-5-7-11/h3-7,9-10,12,14H,8H2,1-2H3,(H,15,16). The van der Waals surface area contributed by atoms with Gasteiger partial charge in [-0.1, -0.05) is 37.3 Å². The second-order valence-corrected chi connectivity index (χ2v) is 4.23. The molecule has 0 aliphatic rings. The molecule has 3 unspecified atom stereocenters. The van der Waals surface area contributed by atoms with Crippen LogP contribution in [0.1, 0.15) is 19.4 Å². The van der Waals surface area contributed by atoms with Gasteiger partial charge in [0.15, 0.2) is 0 Å². The van der Waals surface area contributed by atoms with E-state index in [9.17, 15) is 9.90 Å². The highest BCUT2D eigenvalue weighted by Crippen LogP contribution is 2.21. The Labute approximate surface area is 95.7 Å². The van der Waals surface area contributed by atoms with E-state index in [-0.39, 0.29) is 5.92 Å². The van der Waals surface area contributed by atoms with Crippen molar-refractivity contribution in [1.29, 1.82) is 0 Å². The fraction of sp³-hybridized carbons (Fsp3) is 0.462. The highest BCUT2D eigenvalue weighted by molar-refractivity contribution is 5.70. The van der Waals surface area contributed by atoms with Crippen molar-refractivity contribution in [1.82, 2.24) is 0 Å². The lowest BCUT2D eigenvalue weighted by molar-refractivity contribution is -0.145. The summed E-state index contributed by atoms with van der Waals surface area (Å²) >= 11 is 0. The van der Waals surface area contributed by atoms with Gasteiger partial charge in [-0.3, -0.25) is 4.79 Å². The van der Waals surface area contributed by atoms with E-state index in [4.69, 9.17) is 5.11 Å². The van der Waals surface area contributed by atoms with Gasteiger partial charge in [0.1, 0.15) is 0 Å². The number of carboxylic acid groups (broad SMARTS) is 1. The van der Waals surface area contributed by atoms with Gasteiger partial charge in [-0.25, -0.2) is 0 Å². The van der Waals surface area contributed by atoms with Crippen LogP contribution >= 0.6 is 0 Å². The van der Waals surface area contributed by atoms with Crippen molar-refractivity contribution in [2.45, 2.75) is 26.4 Å². The van der Waals surface area contributed by atoms with E-state index in [1.54, 1.807) is 13.8 Å². The van der Waals surface area contributed by atoms with Crippen LogP contribution in [0.2, 0.25) is 0 Å². The van der Waals surface area contributed by atoms with E-state index >= 15 is 0 Å². The Hall–Kier alpha value is -1.35. The van der Waals surface area contributed by atoms with Gasteiger partial charge in [0.25, 0.3) is 0 Å². The Morgan fingerprint density at radius 3 is 2.25 bits per heavy atom. The summed E-state index contributed by atoms with van der Waals surface area (Å²) in [5.74, 6) is -1.64. The highest BCUT2D eigenvalue weighted by Gasteiger charge is 2.27. The third-order valence-corrected chi connectivity index (χ3v) is 3.01. The smallest absolute Gasteiger partial charge is 0.307 e. The van der Waals surface area contributed by atoms with Crippen LogP contribution in [0.3, 0.4) is 0 Å². The molecule has 1 rings (SSSR count). The van der Waals surface area contributed by atoms with Crippen molar-refractivity contribution >= 4 is 5.97 Å². The average Bonchev–Trinajstić information content (AvgIpc) is 2.26. The van der Waals surface area contributed by atoms with Crippen molar-refractivity contribution in [2.24, 2.45) is 11.8 Å². The van der Waals surface area contributed by atoms with E-state index in [1.807, 2.05) is 30.3 Å². The lowest BCUT2D eigenvalue weighted by atomic mass is 9.85. The van der Waals surface area contributed by atoms with Crippen LogP contribution in [0.5, 0.6) is 0 Å². The summed E-state index contributed by atoms with van der Waals surface area (Å²) in [6.07, 6.45) is -0.146. The van der Waals surface area contributed by atoms with Gasteiger partial charge in [0.05, 0.1) is 12.0 Å². The lowest BCUT2D eigenvalue weighted by Crippen LogP contribution is -2.30. The molecule has 1 aromatic rings. The molecule has 0 aliphatic heterocycles. The maximum Gasteiger partial charge on any atom is 0.307 e. The number of carboxylic acids is 1. The molecule has 1 aromatic carbocycles. The van der Waals surface area contributed by atoms with Crippen molar-refractivity contribution in [3.05, 3.63) is 35.9 Å². The first kappa shape index (κ1) is 12.7.